The summed E-state index contributed by atoms with van der Waals surface area (Å²) in [4.78, 5) is 27.6. The van der Waals surface area contributed by atoms with E-state index in [2.05, 4.69) is 13.8 Å². The molecule has 1 aliphatic rings. The largest absolute Gasteiger partial charge is 0.449 e. The maximum Gasteiger partial charge on any atom is 0.339 e. The summed E-state index contributed by atoms with van der Waals surface area (Å²) >= 11 is 0. The summed E-state index contributed by atoms with van der Waals surface area (Å²) in [7, 11) is 0. The fourth-order valence-electron chi connectivity index (χ4n) is 4.03. The highest BCUT2D eigenvalue weighted by atomic mass is 16.5. The lowest BCUT2D eigenvalue weighted by Crippen LogP contribution is -2.51. The number of rotatable bonds is 5. The molecule has 3 atom stereocenters. The Labute approximate surface area is 167 Å². The van der Waals surface area contributed by atoms with Gasteiger partial charge in [-0.3, -0.25) is 4.79 Å². The van der Waals surface area contributed by atoms with Crippen molar-refractivity contribution in [3.63, 3.8) is 0 Å². The molecule has 4 heteroatoms. The van der Waals surface area contributed by atoms with Gasteiger partial charge in [-0.15, -0.1) is 0 Å². The van der Waals surface area contributed by atoms with Gasteiger partial charge in [-0.05, 0) is 63.6 Å². The summed E-state index contributed by atoms with van der Waals surface area (Å²) in [5, 5.41) is 0. The maximum atomic E-state index is 12.9. The van der Waals surface area contributed by atoms with E-state index < -0.39 is 12.1 Å². The Morgan fingerprint density at radius 1 is 1.00 bits per heavy atom. The number of nitrogens with zero attached hydrogens (tertiary/aromatic N) is 1. The molecule has 2 aromatic rings. The van der Waals surface area contributed by atoms with E-state index in [0.29, 0.717) is 12.0 Å². The summed E-state index contributed by atoms with van der Waals surface area (Å²) in [5.74, 6) is -0.543. The van der Waals surface area contributed by atoms with Gasteiger partial charge in [0.25, 0.3) is 5.91 Å². The van der Waals surface area contributed by atoms with Crippen molar-refractivity contribution in [2.45, 2.75) is 64.6 Å². The second-order valence-electron chi connectivity index (χ2n) is 7.74. The third-order valence-corrected chi connectivity index (χ3v) is 5.55. The fraction of sp³-hybridized carbons (Fsp3) is 0.417. The van der Waals surface area contributed by atoms with Crippen LogP contribution in [-0.4, -0.2) is 35.0 Å². The van der Waals surface area contributed by atoms with Gasteiger partial charge in [0.1, 0.15) is 0 Å². The maximum absolute atomic E-state index is 12.9. The number of carbonyl (C=O) groups excluding carboxylic acids is 2. The summed E-state index contributed by atoms with van der Waals surface area (Å²) in [6, 6.07) is 17.8. The molecule has 0 radical (unpaired) electrons. The number of hydrogen-bond donors (Lipinski definition) is 0. The minimum Gasteiger partial charge on any atom is -0.449 e. The van der Waals surface area contributed by atoms with E-state index in [4.69, 9.17) is 4.74 Å². The van der Waals surface area contributed by atoms with Crippen LogP contribution in [0.25, 0.3) is 0 Å². The van der Waals surface area contributed by atoms with Gasteiger partial charge in [-0.1, -0.05) is 48.5 Å². The van der Waals surface area contributed by atoms with Crippen molar-refractivity contribution >= 4 is 11.9 Å². The first-order valence-electron chi connectivity index (χ1n) is 10.1. The van der Waals surface area contributed by atoms with E-state index in [-0.39, 0.29) is 18.0 Å². The third kappa shape index (κ3) is 4.61. The quantitative estimate of drug-likeness (QED) is 0.713. The lowest BCUT2D eigenvalue weighted by molar-refractivity contribution is -0.146. The molecule has 1 saturated heterocycles. The van der Waals surface area contributed by atoms with Gasteiger partial charge >= 0.3 is 5.97 Å². The molecule has 148 valence electrons. The van der Waals surface area contributed by atoms with Crippen molar-refractivity contribution in [3.05, 3.63) is 71.3 Å². The van der Waals surface area contributed by atoms with Crippen LogP contribution in [-0.2, 0) is 16.0 Å². The summed E-state index contributed by atoms with van der Waals surface area (Å²) < 4.78 is 5.60. The highest BCUT2D eigenvalue weighted by Crippen LogP contribution is 2.24. The van der Waals surface area contributed by atoms with Crippen molar-refractivity contribution in [1.29, 1.82) is 0 Å². The first kappa shape index (κ1) is 20.1. The fourth-order valence-corrected chi connectivity index (χ4v) is 4.03. The summed E-state index contributed by atoms with van der Waals surface area (Å²) in [5.41, 5.74) is 2.55. The number of amides is 1. The number of ether oxygens (including phenoxy) is 1. The Morgan fingerprint density at radius 3 is 2.29 bits per heavy atom. The number of likely N-dealkylation sites (tertiary alicyclic amines) is 1. The molecule has 0 spiro atoms. The second-order valence-corrected chi connectivity index (χ2v) is 7.74. The van der Waals surface area contributed by atoms with Crippen molar-refractivity contribution in [3.8, 4) is 0 Å². The smallest absolute Gasteiger partial charge is 0.339 e. The zero-order valence-corrected chi connectivity index (χ0v) is 16.9. The van der Waals surface area contributed by atoms with Gasteiger partial charge < -0.3 is 9.64 Å². The van der Waals surface area contributed by atoms with Crippen LogP contribution in [0.1, 0.15) is 61.5 Å². The first-order valence-corrected chi connectivity index (χ1v) is 10.1. The molecule has 0 N–H and O–H groups in total. The van der Waals surface area contributed by atoms with Gasteiger partial charge in [0.05, 0.1) is 5.56 Å². The molecule has 2 aromatic carbocycles. The van der Waals surface area contributed by atoms with Crippen LogP contribution in [0.2, 0.25) is 0 Å². The molecule has 0 bridgehead atoms. The SMILES string of the molecule is C[C@@H]1CCC[C@@H](C)N1C(=O)[C@@H](C)OC(=O)c1ccccc1Cc1ccccc1. The Morgan fingerprint density at radius 2 is 1.61 bits per heavy atom. The number of esters is 1. The number of benzene rings is 2. The lowest BCUT2D eigenvalue weighted by Gasteiger charge is -2.40. The molecule has 0 unspecified atom stereocenters. The van der Waals surface area contributed by atoms with Crippen LogP contribution in [0.4, 0.5) is 0 Å². The first-order chi connectivity index (χ1) is 13.5. The van der Waals surface area contributed by atoms with Crippen LogP contribution in [0.3, 0.4) is 0 Å². The second kappa shape index (κ2) is 9.05. The van der Waals surface area contributed by atoms with Crippen LogP contribution >= 0.6 is 0 Å². The van der Waals surface area contributed by atoms with Gasteiger partial charge in [-0.25, -0.2) is 4.79 Å². The Bertz CT molecular complexity index is 808. The van der Waals surface area contributed by atoms with Crippen molar-refractivity contribution < 1.29 is 14.3 Å². The Balaban J connectivity index is 1.71. The van der Waals surface area contributed by atoms with Crippen molar-refractivity contribution in [2.75, 3.05) is 0 Å². The van der Waals surface area contributed by atoms with Crippen molar-refractivity contribution in [2.24, 2.45) is 0 Å². The van der Waals surface area contributed by atoms with Gasteiger partial charge in [0.2, 0.25) is 0 Å². The minimum atomic E-state index is -0.791. The molecule has 3 rings (SSSR count). The molecule has 0 saturated carbocycles. The van der Waals surface area contributed by atoms with Gasteiger partial charge in [-0.2, -0.15) is 0 Å². The highest BCUT2D eigenvalue weighted by molar-refractivity contribution is 5.93. The molecule has 1 heterocycles. The monoisotopic (exact) mass is 379 g/mol. The highest BCUT2D eigenvalue weighted by Gasteiger charge is 2.33. The Hall–Kier alpha value is -2.62. The summed E-state index contributed by atoms with van der Waals surface area (Å²) in [6.07, 6.45) is 2.98. The van der Waals surface area contributed by atoms with Crippen LogP contribution in [0, 0.1) is 0 Å². The molecule has 1 aliphatic heterocycles. The molecule has 1 amide bonds. The normalized spacial score (nSPS) is 20.5. The van der Waals surface area contributed by atoms with Crippen LogP contribution in [0.15, 0.2) is 54.6 Å². The Kier molecular flexibility index (Phi) is 6.50. The number of hydrogen-bond acceptors (Lipinski definition) is 3. The number of carbonyl (C=O) groups is 2. The van der Waals surface area contributed by atoms with Crippen LogP contribution in [0.5, 0.6) is 0 Å². The van der Waals surface area contributed by atoms with Crippen LogP contribution < -0.4 is 0 Å². The average molecular weight is 380 g/mol. The topological polar surface area (TPSA) is 46.6 Å². The molecule has 1 fully saturated rings. The average Bonchev–Trinajstić information content (AvgIpc) is 2.69. The molecular weight excluding hydrogens is 350 g/mol. The van der Waals surface area contributed by atoms with E-state index in [9.17, 15) is 9.59 Å². The zero-order chi connectivity index (χ0) is 20.1. The lowest BCUT2D eigenvalue weighted by atomic mass is 9.97. The van der Waals surface area contributed by atoms with Gasteiger partial charge in [0.15, 0.2) is 6.10 Å². The van der Waals surface area contributed by atoms with Crippen molar-refractivity contribution in [1.82, 2.24) is 4.90 Å². The van der Waals surface area contributed by atoms with E-state index >= 15 is 0 Å². The van der Waals surface area contributed by atoms with Gasteiger partial charge in [0, 0.05) is 12.1 Å². The molecule has 0 aliphatic carbocycles. The number of piperidine rings is 1. The molecular formula is C24H29NO3. The van der Waals surface area contributed by atoms with E-state index in [1.165, 1.54) is 0 Å². The predicted octanol–water partition coefficient (Wildman–Crippen LogP) is 4.61. The summed E-state index contributed by atoms with van der Waals surface area (Å²) in [6.45, 7) is 5.81. The molecule has 28 heavy (non-hydrogen) atoms. The molecule has 0 aromatic heterocycles. The van der Waals surface area contributed by atoms with E-state index in [0.717, 1.165) is 30.4 Å². The van der Waals surface area contributed by atoms with E-state index in [1.807, 2.05) is 53.4 Å². The standard InChI is InChI=1S/C24H29NO3/c1-17-10-9-11-18(2)25(17)23(26)19(3)28-24(27)22-15-8-7-14-21(22)16-20-12-5-4-6-13-20/h4-8,12-15,17-19H,9-11,16H2,1-3H3/t17-,18-,19-/m1/s1. The van der Waals surface area contributed by atoms with E-state index in [1.54, 1.807) is 13.0 Å². The predicted molar refractivity (Wildman–Crippen MR) is 110 cm³/mol. The zero-order valence-electron chi connectivity index (χ0n) is 16.9. The molecule has 4 nitrogen and oxygen atoms in total. The minimum absolute atomic E-state index is 0.103. The third-order valence-electron chi connectivity index (χ3n) is 5.55.